The molecule has 0 N–H and O–H groups in total. The first-order chi connectivity index (χ1) is 22.0. The third-order valence-corrected chi connectivity index (χ3v) is 12.6. The molecule has 1 aliphatic carbocycles. The second kappa shape index (κ2) is 14.2. The van der Waals surface area contributed by atoms with Gasteiger partial charge in [-0.25, -0.2) is 8.42 Å². The van der Waals surface area contributed by atoms with Gasteiger partial charge in [0.25, 0.3) is 0 Å². The Kier molecular flexibility index (Phi) is 11.0. The van der Waals surface area contributed by atoms with Crippen LogP contribution < -0.4 is 0 Å². The monoisotopic (exact) mass is 710 g/mol. The average molecular weight is 711 g/mol. The quantitative estimate of drug-likeness (QED) is 0.139. The molecule has 47 heavy (non-hydrogen) atoms. The van der Waals surface area contributed by atoms with Crippen LogP contribution in [0.3, 0.4) is 0 Å². The summed E-state index contributed by atoms with van der Waals surface area (Å²) in [5, 5.41) is -5.79. The standard InChI is InChI=1S/C31H29F7O7S2/c32-29(33,20-21-43-27(39)22-16-18-23(19-17-22)44-28(40)30(34,35)36)31(37,38)47(41,42)45-46(24-10-4-1-5-11-24,25-12-6-2-7-13-25)26-14-8-3-9-15-26/h1-15,22-23H,16-21H2. The molecule has 7 nitrogen and oxygen atoms in total. The van der Waals surface area contributed by atoms with Crippen LogP contribution in [-0.2, 0) is 32.8 Å². The Hall–Kier alpha value is -3.63. The summed E-state index contributed by atoms with van der Waals surface area (Å²) in [7, 11) is -10.0. The summed E-state index contributed by atoms with van der Waals surface area (Å²) in [5.41, 5.74) is 0. The molecule has 3 aromatic carbocycles. The zero-order chi connectivity index (χ0) is 34.5. The van der Waals surface area contributed by atoms with Crippen LogP contribution >= 0.6 is 10.3 Å². The lowest BCUT2D eigenvalue weighted by molar-refractivity contribution is -0.206. The van der Waals surface area contributed by atoms with Crippen molar-refractivity contribution in [3.05, 3.63) is 91.0 Å². The molecule has 0 saturated heterocycles. The van der Waals surface area contributed by atoms with Gasteiger partial charge in [0.15, 0.2) is 0 Å². The van der Waals surface area contributed by atoms with E-state index in [1.165, 1.54) is 72.8 Å². The minimum Gasteiger partial charge on any atom is -0.465 e. The maximum atomic E-state index is 15.5. The van der Waals surface area contributed by atoms with E-state index >= 15 is 17.6 Å². The fourth-order valence-electron chi connectivity index (χ4n) is 4.90. The van der Waals surface area contributed by atoms with Crippen LogP contribution in [0.25, 0.3) is 0 Å². The number of hydrogen-bond acceptors (Lipinski definition) is 7. The number of benzene rings is 3. The minimum atomic E-state index is -6.43. The maximum Gasteiger partial charge on any atom is 0.490 e. The summed E-state index contributed by atoms with van der Waals surface area (Å²) in [5.74, 6) is -9.74. The summed E-state index contributed by atoms with van der Waals surface area (Å²) in [6.07, 6.45) is -8.76. The Labute approximate surface area is 267 Å². The molecule has 256 valence electrons. The van der Waals surface area contributed by atoms with Gasteiger partial charge in [0, 0.05) is 14.7 Å². The molecule has 1 saturated carbocycles. The highest BCUT2D eigenvalue weighted by atomic mass is 32.3. The van der Waals surface area contributed by atoms with E-state index in [1.807, 2.05) is 0 Å². The Morgan fingerprint density at radius 3 is 1.51 bits per heavy atom. The van der Waals surface area contributed by atoms with Crippen molar-refractivity contribution in [2.45, 2.75) is 70.2 Å². The lowest BCUT2D eigenvalue weighted by Crippen LogP contribution is -2.48. The normalized spacial score (nSPS) is 18.3. The highest BCUT2D eigenvalue weighted by Gasteiger charge is 2.67. The second-order valence-electron chi connectivity index (χ2n) is 10.5. The van der Waals surface area contributed by atoms with Crippen LogP contribution in [-0.4, -0.2) is 50.4 Å². The van der Waals surface area contributed by atoms with Crippen LogP contribution in [0.4, 0.5) is 30.7 Å². The number of halogens is 7. The van der Waals surface area contributed by atoms with E-state index in [-0.39, 0.29) is 40.4 Å². The van der Waals surface area contributed by atoms with Gasteiger partial charge in [0.1, 0.15) is 6.10 Å². The Morgan fingerprint density at radius 2 is 1.11 bits per heavy atom. The Morgan fingerprint density at radius 1 is 0.681 bits per heavy atom. The van der Waals surface area contributed by atoms with E-state index in [1.54, 1.807) is 18.2 Å². The largest absolute Gasteiger partial charge is 0.490 e. The van der Waals surface area contributed by atoms with E-state index in [9.17, 15) is 31.2 Å². The van der Waals surface area contributed by atoms with Crippen molar-refractivity contribution >= 4 is 32.4 Å². The summed E-state index contributed by atoms with van der Waals surface area (Å²) in [4.78, 5) is 23.8. The molecular formula is C31H29F7O7S2. The fraction of sp³-hybridized carbons (Fsp3) is 0.355. The Bertz CT molecular complexity index is 1520. The zero-order valence-electron chi connectivity index (χ0n) is 24.4. The topological polar surface area (TPSA) is 96.0 Å². The second-order valence-corrected chi connectivity index (χ2v) is 15.0. The number of hydrogen-bond donors (Lipinski definition) is 0. The van der Waals surface area contributed by atoms with Gasteiger partial charge in [0.2, 0.25) is 0 Å². The number of alkyl halides is 7. The SMILES string of the molecule is O=C(OCCC(F)(F)C(F)(F)S(=O)(=O)OS(c1ccccc1)(c1ccccc1)c1ccccc1)C1CCC(OC(=O)C(F)(F)F)CC1. The molecule has 0 bridgehead atoms. The molecule has 0 spiro atoms. The van der Waals surface area contributed by atoms with Crippen molar-refractivity contribution in [1.82, 2.24) is 0 Å². The third kappa shape index (κ3) is 7.92. The van der Waals surface area contributed by atoms with Crippen molar-refractivity contribution in [3.63, 3.8) is 0 Å². The van der Waals surface area contributed by atoms with E-state index in [2.05, 4.69) is 4.74 Å². The molecule has 0 heterocycles. The Balaban J connectivity index is 1.50. The van der Waals surface area contributed by atoms with E-state index in [4.69, 9.17) is 8.37 Å². The highest BCUT2D eigenvalue weighted by Crippen LogP contribution is 2.71. The van der Waals surface area contributed by atoms with Crippen molar-refractivity contribution < 1.29 is 61.8 Å². The fourth-order valence-corrected chi connectivity index (χ4v) is 10.2. The minimum absolute atomic E-state index is 0.118. The number of rotatable bonds is 12. The highest BCUT2D eigenvalue weighted by molar-refractivity contribution is 8.33. The van der Waals surface area contributed by atoms with Crippen molar-refractivity contribution in [1.29, 1.82) is 0 Å². The number of carbonyl (C=O) groups is 2. The van der Waals surface area contributed by atoms with Gasteiger partial charge < -0.3 is 9.47 Å². The van der Waals surface area contributed by atoms with E-state index in [0.29, 0.717) is 0 Å². The molecule has 1 fully saturated rings. The molecule has 1 aliphatic rings. The zero-order valence-corrected chi connectivity index (χ0v) is 26.0. The molecule has 0 aromatic heterocycles. The van der Waals surface area contributed by atoms with Crippen molar-refractivity contribution in [2.24, 2.45) is 5.92 Å². The maximum absolute atomic E-state index is 15.5. The molecular weight excluding hydrogens is 681 g/mol. The molecule has 0 unspecified atom stereocenters. The van der Waals surface area contributed by atoms with Gasteiger partial charge in [0.05, 0.1) is 18.9 Å². The van der Waals surface area contributed by atoms with Crippen LogP contribution in [0, 0.1) is 5.92 Å². The molecule has 16 heteroatoms. The van der Waals surface area contributed by atoms with E-state index < -0.39 is 74.8 Å². The number of esters is 2. The third-order valence-electron chi connectivity index (χ3n) is 7.33. The van der Waals surface area contributed by atoms with Crippen LogP contribution in [0.5, 0.6) is 0 Å². The molecule has 0 radical (unpaired) electrons. The van der Waals surface area contributed by atoms with E-state index in [0.717, 1.165) is 0 Å². The first-order valence-electron chi connectivity index (χ1n) is 14.2. The summed E-state index contributed by atoms with van der Waals surface area (Å²) < 4.78 is 139. The molecule has 0 atom stereocenters. The van der Waals surface area contributed by atoms with Gasteiger partial charge in [-0.2, -0.15) is 39.2 Å². The van der Waals surface area contributed by atoms with Crippen LogP contribution in [0.15, 0.2) is 106 Å². The van der Waals surface area contributed by atoms with Gasteiger partial charge >= 0.3 is 39.4 Å². The van der Waals surface area contributed by atoms with Crippen molar-refractivity contribution in [3.8, 4) is 0 Å². The van der Waals surface area contributed by atoms with Gasteiger partial charge in [-0.05, 0) is 72.4 Å². The van der Waals surface area contributed by atoms with Crippen molar-refractivity contribution in [2.75, 3.05) is 6.61 Å². The lowest BCUT2D eigenvalue weighted by Gasteiger charge is -2.40. The molecule has 4 rings (SSSR count). The van der Waals surface area contributed by atoms with Crippen LogP contribution in [0.2, 0.25) is 0 Å². The van der Waals surface area contributed by atoms with Crippen LogP contribution in [0.1, 0.15) is 32.1 Å². The lowest BCUT2D eigenvalue weighted by atomic mass is 9.87. The number of carbonyl (C=O) groups excluding carboxylic acids is 2. The van der Waals surface area contributed by atoms with Gasteiger partial charge in [-0.15, -0.1) is 0 Å². The predicted octanol–water partition coefficient (Wildman–Crippen LogP) is 8.06. The first-order valence-corrected chi connectivity index (χ1v) is 17.1. The molecule has 0 amide bonds. The summed E-state index contributed by atoms with van der Waals surface area (Å²) in [6, 6.07) is 22.5. The van der Waals surface area contributed by atoms with Gasteiger partial charge in [-0.3, -0.25) is 4.79 Å². The summed E-state index contributed by atoms with van der Waals surface area (Å²) in [6.45, 7) is -1.30. The molecule has 0 aliphatic heterocycles. The first kappa shape index (κ1) is 36.2. The smallest absolute Gasteiger partial charge is 0.465 e. The predicted molar refractivity (Wildman–Crippen MR) is 155 cm³/mol. The molecule has 3 aromatic rings. The average Bonchev–Trinajstić information content (AvgIpc) is 3.04. The number of ether oxygens (including phenoxy) is 2. The van der Waals surface area contributed by atoms with Gasteiger partial charge in [-0.1, -0.05) is 54.6 Å². The summed E-state index contributed by atoms with van der Waals surface area (Å²) >= 11 is 0.